The van der Waals surface area contributed by atoms with E-state index in [0.29, 0.717) is 18.4 Å². The van der Waals surface area contributed by atoms with E-state index in [1.807, 2.05) is 18.2 Å². The van der Waals surface area contributed by atoms with E-state index >= 15 is 0 Å². The molecule has 1 fully saturated rings. The molecular formula is C16H24N2O. The van der Waals surface area contributed by atoms with Gasteiger partial charge in [0, 0.05) is 18.5 Å². The van der Waals surface area contributed by atoms with Gasteiger partial charge in [-0.25, -0.2) is 0 Å². The molecule has 1 saturated carbocycles. The average molecular weight is 260 g/mol. The number of nitrogens with one attached hydrogen (secondary N) is 1. The zero-order chi connectivity index (χ0) is 13.8. The highest BCUT2D eigenvalue weighted by atomic mass is 16.2. The highest BCUT2D eigenvalue weighted by Gasteiger charge is 2.44. The summed E-state index contributed by atoms with van der Waals surface area (Å²) in [6, 6.07) is 10.4. The summed E-state index contributed by atoms with van der Waals surface area (Å²) in [6.45, 7) is 4.82. The second-order valence-electron chi connectivity index (χ2n) is 5.93. The summed E-state index contributed by atoms with van der Waals surface area (Å²) in [7, 11) is 0. The Morgan fingerprint density at radius 2 is 2.05 bits per heavy atom. The molecule has 19 heavy (non-hydrogen) atoms. The van der Waals surface area contributed by atoms with Crippen molar-refractivity contribution in [2.75, 3.05) is 6.54 Å². The standard InChI is InChI=1S/C16H24N2O/c1-11(2)8-13(10-17)18-16(19)15-9-14(15)12-6-4-3-5-7-12/h3-7,11,13-15H,8-10,17H2,1-2H3,(H,18,19). The van der Waals surface area contributed by atoms with Gasteiger partial charge in [-0.3, -0.25) is 4.79 Å². The van der Waals surface area contributed by atoms with Crippen molar-refractivity contribution in [3.8, 4) is 0 Å². The Morgan fingerprint density at radius 1 is 1.37 bits per heavy atom. The Kier molecular flexibility index (Phi) is 4.59. The number of benzene rings is 1. The molecule has 1 aromatic rings. The first-order valence-corrected chi connectivity index (χ1v) is 7.17. The minimum absolute atomic E-state index is 0.115. The molecule has 0 aliphatic heterocycles. The number of carbonyl (C=O) groups is 1. The molecule has 0 radical (unpaired) electrons. The van der Waals surface area contributed by atoms with Crippen LogP contribution in [0.1, 0.15) is 38.2 Å². The third-order valence-corrected chi connectivity index (χ3v) is 3.74. The van der Waals surface area contributed by atoms with Crippen molar-refractivity contribution >= 4 is 5.91 Å². The molecule has 1 aliphatic rings. The van der Waals surface area contributed by atoms with Crippen molar-refractivity contribution in [3.05, 3.63) is 35.9 Å². The topological polar surface area (TPSA) is 55.1 Å². The fourth-order valence-electron chi connectivity index (χ4n) is 2.64. The Labute approximate surface area is 115 Å². The number of rotatable bonds is 6. The van der Waals surface area contributed by atoms with Crippen molar-refractivity contribution < 1.29 is 4.79 Å². The zero-order valence-corrected chi connectivity index (χ0v) is 11.8. The Balaban J connectivity index is 1.85. The molecule has 2 rings (SSSR count). The largest absolute Gasteiger partial charge is 0.352 e. The third-order valence-electron chi connectivity index (χ3n) is 3.74. The van der Waals surface area contributed by atoms with Crippen molar-refractivity contribution in [2.45, 2.75) is 38.6 Å². The predicted octanol–water partition coefficient (Wildman–Crippen LogP) is 2.28. The molecule has 104 valence electrons. The van der Waals surface area contributed by atoms with Gasteiger partial charge in [0.1, 0.15) is 0 Å². The molecule has 3 N–H and O–H groups in total. The quantitative estimate of drug-likeness (QED) is 0.824. The molecule has 0 saturated heterocycles. The molecule has 1 amide bonds. The Bertz CT molecular complexity index is 416. The van der Waals surface area contributed by atoms with E-state index in [0.717, 1.165) is 12.8 Å². The summed E-state index contributed by atoms with van der Waals surface area (Å²) in [5.74, 6) is 1.27. The summed E-state index contributed by atoms with van der Waals surface area (Å²) >= 11 is 0. The lowest BCUT2D eigenvalue weighted by atomic mass is 10.0. The number of nitrogens with two attached hydrogens (primary N) is 1. The maximum absolute atomic E-state index is 12.2. The van der Waals surface area contributed by atoms with Crippen LogP contribution < -0.4 is 11.1 Å². The van der Waals surface area contributed by atoms with Crippen LogP contribution in [0.2, 0.25) is 0 Å². The molecule has 0 heterocycles. The summed E-state index contributed by atoms with van der Waals surface area (Å²) in [5, 5.41) is 3.10. The van der Waals surface area contributed by atoms with Crippen LogP contribution in [0.25, 0.3) is 0 Å². The molecule has 3 unspecified atom stereocenters. The minimum atomic E-state index is 0.115. The number of hydrogen-bond acceptors (Lipinski definition) is 2. The second kappa shape index (κ2) is 6.20. The Morgan fingerprint density at radius 3 is 2.63 bits per heavy atom. The van der Waals surface area contributed by atoms with E-state index < -0.39 is 0 Å². The minimum Gasteiger partial charge on any atom is -0.352 e. The van der Waals surface area contributed by atoms with E-state index in [2.05, 4.69) is 31.3 Å². The normalized spacial score (nSPS) is 23.2. The molecule has 1 aromatic carbocycles. The molecular weight excluding hydrogens is 236 g/mol. The molecule has 0 bridgehead atoms. The summed E-state index contributed by atoms with van der Waals surface area (Å²) in [6.07, 6.45) is 1.92. The first-order chi connectivity index (χ1) is 9.11. The predicted molar refractivity (Wildman–Crippen MR) is 77.7 cm³/mol. The van der Waals surface area contributed by atoms with Gasteiger partial charge in [-0.1, -0.05) is 44.2 Å². The summed E-state index contributed by atoms with van der Waals surface area (Å²) in [5.41, 5.74) is 6.99. The lowest BCUT2D eigenvalue weighted by Crippen LogP contribution is -2.41. The molecule has 3 nitrogen and oxygen atoms in total. The van der Waals surface area contributed by atoms with Crippen LogP contribution in [0.3, 0.4) is 0 Å². The van der Waals surface area contributed by atoms with Crippen molar-refractivity contribution in [3.63, 3.8) is 0 Å². The number of amides is 1. The number of carbonyl (C=O) groups excluding carboxylic acids is 1. The van der Waals surface area contributed by atoms with Gasteiger partial charge in [-0.05, 0) is 30.2 Å². The van der Waals surface area contributed by atoms with E-state index in [1.54, 1.807) is 0 Å². The van der Waals surface area contributed by atoms with Gasteiger partial charge in [0.2, 0.25) is 5.91 Å². The van der Waals surface area contributed by atoms with Crippen molar-refractivity contribution in [1.29, 1.82) is 0 Å². The van der Waals surface area contributed by atoms with Crippen LogP contribution in [0.4, 0.5) is 0 Å². The van der Waals surface area contributed by atoms with E-state index in [9.17, 15) is 4.79 Å². The van der Waals surface area contributed by atoms with Gasteiger partial charge in [0.15, 0.2) is 0 Å². The fraction of sp³-hybridized carbons (Fsp3) is 0.562. The maximum Gasteiger partial charge on any atom is 0.224 e. The SMILES string of the molecule is CC(C)CC(CN)NC(=O)C1CC1c1ccccc1. The van der Waals surface area contributed by atoms with E-state index in [-0.39, 0.29) is 17.9 Å². The van der Waals surface area contributed by atoms with Gasteiger partial charge in [0.25, 0.3) is 0 Å². The van der Waals surface area contributed by atoms with Crippen LogP contribution in [0.15, 0.2) is 30.3 Å². The molecule has 1 aliphatic carbocycles. The highest BCUT2D eigenvalue weighted by Crippen LogP contribution is 2.47. The first kappa shape index (κ1) is 14.1. The zero-order valence-electron chi connectivity index (χ0n) is 11.8. The average Bonchev–Trinajstić information content (AvgIpc) is 3.18. The first-order valence-electron chi connectivity index (χ1n) is 7.17. The third kappa shape index (κ3) is 3.80. The lowest BCUT2D eigenvalue weighted by Gasteiger charge is -2.18. The molecule has 3 heteroatoms. The van der Waals surface area contributed by atoms with Gasteiger partial charge < -0.3 is 11.1 Å². The van der Waals surface area contributed by atoms with Gasteiger partial charge >= 0.3 is 0 Å². The Hall–Kier alpha value is -1.35. The molecule has 0 aromatic heterocycles. The van der Waals surface area contributed by atoms with Crippen molar-refractivity contribution in [1.82, 2.24) is 5.32 Å². The summed E-state index contributed by atoms with van der Waals surface area (Å²) in [4.78, 5) is 12.2. The smallest absolute Gasteiger partial charge is 0.224 e. The second-order valence-corrected chi connectivity index (χ2v) is 5.93. The van der Waals surface area contributed by atoms with Crippen molar-refractivity contribution in [2.24, 2.45) is 17.6 Å². The van der Waals surface area contributed by atoms with E-state index in [1.165, 1.54) is 5.56 Å². The van der Waals surface area contributed by atoms with Gasteiger partial charge in [0.05, 0.1) is 0 Å². The molecule has 3 atom stereocenters. The van der Waals surface area contributed by atoms with E-state index in [4.69, 9.17) is 5.73 Å². The van der Waals surface area contributed by atoms with Crippen LogP contribution in [-0.2, 0) is 4.79 Å². The highest BCUT2D eigenvalue weighted by molar-refractivity contribution is 5.83. The van der Waals surface area contributed by atoms with Crippen LogP contribution in [0.5, 0.6) is 0 Å². The maximum atomic E-state index is 12.2. The molecule has 0 spiro atoms. The van der Waals surface area contributed by atoms with Crippen LogP contribution in [0, 0.1) is 11.8 Å². The monoisotopic (exact) mass is 260 g/mol. The van der Waals surface area contributed by atoms with Crippen LogP contribution in [-0.4, -0.2) is 18.5 Å². The van der Waals surface area contributed by atoms with Gasteiger partial charge in [-0.2, -0.15) is 0 Å². The number of hydrogen-bond donors (Lipinski definition) is 2. The summed E-state index contributed by atoms with van der Waals surface area (Å²) < 4.78 is 0. The van der Waals surface area contributed by atoms with Crippen LogP contribution >= 0.6 is 0 Å². The van der Waals surface area contributed by atoms with Gasteiger partial charge in [-0.15, -0.1) is 0 Å². The lowest BCUT2D eigenvalue weighted by molar-refractivity contribution is -0.123. The fourth-order valence-corrected chi connectivity index (χ4v) is 2.64.